The van der Waals surface area contributed by atoms with Crippen LogP contribution in [-0.4, -0.2) is 56.9 Å². The van der Waals surface area contributed by atoms with Crippen molar-refractivity contribution in [2.45, 2.75) is 32.9 Å². The Balaban J connectivity index is 1.63. The molecular weight excluding hydrogens is 322 g/mol. The van der Waals surface area contributed by atoms with E-state index in [1.165, 1.54) is 6.33 Å². The van der Waals surface area contributed by atoms with Gasteiger partial charge in [-0.1, -0.05) is 6.92 Å². The molecule has 1 aliphatic rings. The van der Waals surface area contributed by atoms with Gasteiger partial charge in [0.2, 0.25) is 5.95 Å². The molecule has 0 saturated carbocycles. The number of aromatic nitrogens is 5. The summed E-state index contributed by atoms with van der Waals surface area (Å²) in [5.41, 5.74) is 0.422. The fraction of sp³-hybridized carbons (Fsp3) is 0.562. The van der Waals surface area contributed by atoms with Gasteiger partial charge in [-0.05, 0) is 13.3 Å². The number of hydrogen-bond acceptors (Lipinski definition) is 7. The Bertz CT molecular complexity index is 695. The fourth-order valence-corrected chi connectivity index (χ4v) is 2.70. The number of nitrogens with zero attached hydrogens (tertiary/aromatic N) is 6. The molecule has 0 aliphatic carbocycles. The molecule has 0 aromatic carbocycles. The van der Waals surface area contributed by atoms with Crippen LogP contribution in [0.15, 0.2) is 18.7 Å². The first-order valence-electron chi connectivity index (χ1n) is 8.52. The third kappa shape index (κ3) is 4.11. The number of rotatable bonds is 6. The van der Waals surface area contributed by atoms with E-state index in [4.69, 9.17) is 4.74 Å². The number of nitrogens with one attached hydrogen (secondary N) is 1. The summed E-state index contributed by atoms with van der Waals surface area (Å²) in [6.07, 6.45) is 5.56. The van der Waals surface area contributed by atoms with Crippen LogP contribution in [-0.2, 0) is 11.3 Å². The van der Waals surface area contributed by atoms with Crippen molar-refractivity contribution in [3.63, 3.8) is 0 Å². The Morgan fingerprint density at radius 2 is 2.00 bits per heavy atom. The molecule has 0 bridgehead atoms. The van der Waals surface area contributed by atoms with Crippen LogP contribution in [0.3, 0.4) is 0 Å². The predicted molar refractivity (Wildman–Crippen MR) is 91.3 cm³/mol. The molecule has 2 aromatic heterocycles. The summed E-state index contributed by atoms with van der Waals surface area (Å²) in [5, 5.41) is 7.10. The minimum absolute atomic E-state index is 0.230. The lowest BCUT2D eigenvalue weighted by atomic mass is 10.2. The molecule has 9 heteroatoms. The van der Waals surface area contributed by atoms with Gasteiger partial charge in [0.25, 0.3) is 5.91 Å². The van der Waals surface area contributed by atoms with Crippen LogP contribution in [0.1, 0.15) is 42.5 Å². The van der Waals surface area contributed by atoms with Crippen LogP contribution in [0.5, 0.6) is 0 Å². The van der Waals surface area contributed by atoms with Gasteiger partial charge in [0, 0.05) is 32.0 Å². The van der Waals surface area contributed by atoms with Crippen molar-refractivity contribution in [3.8, 4) is 0 Å². The van der Waals surface area contributed by atoms with E-state index in [1.54, 1.807) is 12.4 Å². The normalized spacial score (nSPS) is 15.8. The second kappa shape index (κ2) is 8.02. The molecule has 134 valence electrons. The van der Waals surface area contributed by atoms with Crippen LogP contribution in [0.2, 0.25) is 0 Å². The van der Waals surface area contributed by atoms with Gasteiger partial charge in [-0.2, -0.15) is 5.10 Å². The van der Waals surface area contributed by atoms with Crippen LogP contribution in [0.25, 0.3) is 0 Å². The van der Waals surface area contributed by atoms with Crippen LogP contribution in [0.4, 0.5) is 5.95 Å². The van der Waals surface area contributed by atoms with Crippen molar-refractivity contribution in [2.75, 3.05) is 31.2 Å². The monoisotopic (exact) mass is 345 g/mol. The molecule has 9 nitrogen and oxygen atoms in total. The molecule has 1 aliphatic heterocycles. The zero-order valence-electron chi connectivity index (χ0n) is 14.6. The second-order valence-electron chi connectivity index (χ2n) is 5.91. The van der Waals surface area contributed by atoms with Crippen molar-refractivity contribution in [3.05, 3.63) is 30.1 Å². The summed E-state index contributed by atoms with van der Waals surface area (Å²) >= 11 is 0. The van der Waals surface area contributed by atoms with Crippen molar-refractivity contribution in [2.24, 2.45) is 0 Å². The maximum Gasteiger partial charge on any atom is 0.255 e. The Morgan fingerprint density at radius 1 is 1.28 bits per heavy atom. The molecule has 3 rings (SSSR count). The molecule has 25 heavy (non-hydrogen) atoms. The molecule has 0 unspecified atom stereocenters. The molecule has 1 saturated heterocycles. The topological polar surface area (TPSA) is 98.1 Å². The standard InChI is InChI=1S/C16H23N7O2/c1-3-4-23-14(19-11-20-23)12(2)21-15(24)13-9-17-16(18-10-13)22-5-7-25-8-6-22/h9-12H,3-8H2,1-2H3,(H,21,24)/t12-/m0/s1. The fourth-order valence-electron chi connectivity index (χ4n) is 2.70. The van der Waals surface area contributed by atoms with Crippen LogP contribution >= 0.6 is 0 Å². The lowest BCUT2D eigenvalue weighted by Gasteiger charge is -2.26. The summed E-state index contributed by atoms with van der Waals surface area (Å²) in [6.45, 7) is 7.58. The number of carbonyl (C=O) groups excluding carboxylic acids is 1. The Morgan fingerprint density at radius 3 is 2.68 bits per heavy atom. The average Bonchev–Trinajstić information content (AvgIpc) is 3.11. The summed E-state index contributed by atoms with van der Waals surface area (Å²) in [7, 11) is 0. The molecule has 0 spiro atoms. The summed E-state index contributed by atoms with van der Waals surface area (Å²) in [6, 6.07) is -0.250. The predicted octanol–water partition coefficient (Wildman–Crippen LogP) is 0.806. The van der Waals surface area contributed by atoms with E-state index in [0.29, 0.717) is 24.7 Å². The van der Waals surface area contributed by atoms with Gasteiger partial charge in [0.15, 0.2) is 0 Å². The lowest BCUT2D eigenvalue weighted by molar-refractivity contribution is 0.0936. The number of aryl methyl sites for hydroxylation is 1. The van der Waals surface area contributed by atoms with Gasteiger partial charge in [-0.15, -0.1) is 0 Å². The highest BCUT2D eigenvalue weighted by Gasteiger charge is 2.18. The first kappa shape index (κ1) is 17.3. The number of ether oxygens (including phenoxy) is 1. The molecule has 3 heterocycles. The van der Waals surface area contributed by atoms with E-state index >= 15 is 0 Å². The molecule has 1 amide bonds. The molecule has 2 aromatic rings. The first-order valence-corrected chi connectivity index (χ1v) is 8.52. The Kier molecular flexibility index (Phi) is 5.54. The van der Waals surface area contributed by atoms with Gasteiger partial charge in [0.1, 0.15) is 12.2 Å². The highest BCUT2D eigenvalue weighted by atomic mass is 16.5. The van der Waals surface area contributed by atoms with Crippen molar-refractivity contribution < 1.29 is 9.53 Å². The maximum absolute atomic E-state index is 12.4. The number of amides is 1. The molecule has 1 N–H and O–H groups in total. The first-order chi connectivity index (χ1) is 12.2. The van der Waals surface area contributed by atoms with Gasteiger partial charge >= 0.3 is 0 Å². The summed E-state index contributed by atoms with van der Waals surface area (Å²) < 4.78 is 7.12. The van der Waals surface area contributed by atoms with Crippen molar-refractivity contribution >= 4 is 11.9 Å². The van der Waals surface area contributed by atoms with Gasteiger partial charge in [0.05, 0.1) is 24.8 Å². The van der Waals surface area contributed by atoms with Crippen molar-refractivity contribution in [1.29, 1.82) is 0 Å². The molecule has 1 fully saturated rings. The third-order valence-electron chi connectivity index (χ3n) is 4.01. The van der Waals surface area contributed by atoms with Gasteiger partial charge < -0.3 is 15.0 Å². The van der Waals surface area contributed by atoms with E-state index in [9.17, 15) is 4.79 Å². The van der Waals surface area contributed by atoms with E-state index in [1.807, 2.05) is 16.5 Å². The maximum atomic E-state index is 12.4. The van der Waals surface area contributed by atoms with E-state index in [0.717, 1.165) is 31.9 Å². The highest BCUT2D eigenvalue weighted by molar-refractivity contribution is 5.93. The molecule has 1 atom stereocenters. The Labute approximate surface area is 146 Å². The minimum Gasteiger partial charge on any atom is -0.378 e. The zero-order chi connectivity index (χ0) is 17.6. The van der Waals surface area contributed by atoms with E-state index < -0.39 is 0 Å². The van der Waals surface area contributed by atoms with Crippen molar-refractivity contribution in [1.82, 2.24) is 30.0 Å². The van der Waals surface area contributed by atoms with Gasteiger partial charge in [-0.3, -0.25) is 4.79 Å². The minimum atomic E-state index is -0.250. The highest BCUT2D eigenvalue weighted by Crippen LogP contribution is 2.12. The number of hydrogen-bond donors (Lipinski definition) is 1. The Hall–Kier alpha value is -2.55. The second-order valence-corrected chi connectivity index (χ2v) is 5.91. The SMILES string of the molecule is CCCn1ncnc1[C@H](C)NC(=O)c1cnc(N2CCOCC2)nc1. The quantitative estimate of drug-likeness (QED) is 0.827. The number of anilines is 1. The third-order valence-corrected chi connectivity index (χ3v) is 4.01. The largest absolute Gasteiger partial charge is 0.378 e. The van der Waals surface area contributed by atoms with Gasteiger partial charge in [-0.25, -0.2) is 19.6 Å². The average molecular weight is 345 g/mol. The van der Waals surface area contributed by atoms with E-state index in [-0.39, 0.29) is 11.9 Å². The lowest BCUT2D eigenvalue weighted by Crippen LogP contribution is -2.37. The molecule has 0 radical (unpaired) electrons. The zero-order valence-corrected chi connectivity index (χ0v) is 14.6. The van der Waals surface area contributed by atoms with Crippen LogP contribution in [0, 0.1) is 0 Å². The van der Waals surface area contributed by atoms with E-state index in [2.05, 4.69) is 32.3 Å². The summed E-state index contributed by atoms with van der Waals surface area (Å²) in [5.74, 6) is 1.13. The number of carbonyl (C=O) groups is 1. The number of morpholine rings is 1. The molecular formula is C16H23N7O2. The summed E-state index contributed by atoms with van der Waals surface area (Å²) in [4.78, 5) is 27.3. The smallest absolute Gasteiger partial charge is 0.255 e. The van der Waals surface area contributed by atoms with Crippen LogP contribution < -0.4 is 10.2 Å².